The fourth-order valence-electron chi connectivity index (χ4n) is 3.97. The average molecular weight is 473 g/mol. The number of carbonyl (C=O) groups is 1. The molecule has 3 aromatic rings. The van der Waals surface area contributed by atoms with Gasteiger partial charge in [0.2, 0.25) is 5.89 Å². The summed E-state index contributed by atoms with van der Waals surface area (Å²) in [5, 5.41) is 9.41. The fraction of sp³-hybridized carbons (Fsp3) is 0.391. The quantitative estimate of drug-likeness (QED) is 0.600. The average Bonchev–Trinajstić information content (AvgIpc) is 3.27. The molecule has 1 aliphatic heterocycles. The summed E-state index contributed by atoms with van der Waals surface area (Å²) in [7, 11) is 1.34. The number of halogens is 3. The predicted octanol–water partition coefficient (Wildman–Crippen LogP) is 4.31. The van der Waals surface area contributed by atoms with E-state index in [0.29, 0.717) is 36.9 Å². The fourth-order valence-corrected chi connectivity index (χ4v) is 3.97. The van der Waals surface area contributed by atoms with E-state index in [1.807, 2.05) is 0 Å². The Balaban J connectivity index is 1.79. The normalized spacial score (nSPS) is 15.9. The molecule has 0 unspecified atom stereocenters. The van der Waals surface area contributed by atoms with E-state index in [1.165, 1.54) is 19.2 Å². The molecule has 4 rings (SSSR count). The second-order valence-electron chi connectivity index (χ2n) is 8.12. The van der Waals surface area contributed by atoms with E-state index < -0.39 is 17.9 Å². The van der Waals surface area contributed by atoms with Gasteiger partial charge in [-0.15, -0.1) is 0 Å². The number of methoxy groups -OCH3 is 1. The van der Waals surface area contributed by atoms with Crippen LogP contribution in [0.3, 0.4) is 0 Å². The van der Waals surface area contributed by atoms with Gasteiger partial charge >= 0.3 is 6.18 Å². The van der Waals surface area contributed by atoms with Gasteiger partial charge in [0.05, 0.1) is 19.2 Å². The van der Waals surface area contributed by atoms with Crippen LogP contribution >= 0.6 is 0 Å². The number of aromatic nitrogens is 2. The van der Waals surface area contributed by atoms with Crippen LogP contribution in [0.5, 0.6) is 5.75 Å². The standard InChI is InChI=1S/C23H22F3N5O3/c1-12(28)20-19(22(32)31-9-7-13(11-27)8-10-31)30-21(34-20)15-3-5-16(33-2)18-14(15)4-6-17(29-18)23(24,25)26/h3-6,12-13H,7-10,28H2,1-2H3/t12-/m0/s1. The first-order chi connectivity index (χ1) is 16.1. The Kier molecular flexibility index (Phi) is 6.18. The maximum Gasteiger partial charge on any atom is 0.433 e. The number of nitriles is 1. The summed E-state index contributed by atoms with van der Waals surface area (Å²) in [5.74, 6) is -0.0953. The molecule has 11 heteroatoms. The number of fused-ring (bicyclic) bond motifs is 1. The van der Waals surface area contributed by atoms with Crippen molar-refractivity contribution in [3.8, 4) is 23.3 Å². The molecule has 0 spiro atoms. The van der Waals surface area contributed by atoms with E-state index in [1.54, 1.807) is 17.9 Å². The van der Waals surface area contributed by atoms with Crippen LogP contribution in [0.25, 0.3) is 22.4 Å². The summed E-state index contributed by atoms with van der Waals surface area (Å²) >= 11 is 0. The zero-order valence-electron chi connectivity index (χ0n) is 18.5. The number of likely N-dealkylation sites (tertiary alicyclic amines) is 1. The molecular formula is C23H22F3N5O3. The van der Waals surface area contributed by atoms with Crippen molar-refractivity contribution in [3.05, 3.63) is 41.4 Å². The lowest BCUT2D eigenvalue weighted by Crippen LogP contribution is -2.39. The van der Waals surface area contributed by atoms with Gasteiger partial charge in [0.25, 0.3) is 5.91 Å². The van der Waals surface area contributed by atoms with Crippen LogP contribution in [-0.4, -0.2) is 41.0 Å². The molecule has 2 N–H and O–H groups in total. The van der Waals surface area contributed by atoms with Crippen molar-refractivity contribution in [2.24, 2.45) is 11.7 Å². The van der Waals surface area contributed by atoms with Gasteiger partial charge in [-0.2, -0.15) is 18.4 Å². The lowest BCUT2D eigenvalue weighted by molar-refractivity contribution is -0.140. The van der Waals surface area contributed by atoms with Gasteiger partial charge in [0.1, 0.15) is 17.0 Å². The zero-order chi connectivity index (χ0) is 24.6. The maximum absolute atomic E-state index is 13.2. The highest BCUT2D eigenvalue weighted by molar-refractivity contribution is 5.98. The summed E-state index contributed by atoms with van der Waals surface area (Å²) in [6.07, 6.45) is -3.49. The molecule has 34 heavy (non-hydrogen) atoms. The van der Waals surface area contributed by atoms with Gasteiger partial charge in [-0.1, -0.05) is 0 Å². The van der Waals surface area contributed by atoms with Crippen molar-refractivity contribution in [3.63, 3.8) is 0 Å². The number of carbonyl (C=O) groups excluding carboxylic acids is 1. The van der Waals surface area contributed by atoms with E-state index in [-0.39, 0.29) is 40.4 Å². The number of oxazole rings is 1. The number of amides is 1. The van der Waals surface area contributed by atoms with E-state index in [4.69, 9.17) is 20.1 Å². The van der Waals surface area contributed by atoms with Crippen LogP contribution in [-0.2, 0) is 6.18 Å². The number of rotatable bonds is 4. The molecule has 1 atom stereocenters. The first-order valence-corrected chi connectivity index (χ1v) is 10.6. The third-order valence-electron chi connectivity index (χ3n) is 5.80. The topological polar surface area (TPSA) is 118 Å². The van der Waals surface area contributed by atoms with Crippen LogP contribution in [0, 0.1) is 17.2 Å². The van der Waals surface area contributed by atoms with Crippen molar-refractivity contribution >= 4 is 16.8 Å². The highest BCUT2D eigenvalue weighted by atomic mass is 19.4. The Morgan fingerprint density at radius 2 is 1.97 bits per heavy atom. The molecule has 1 saturated heterocycles. The van der Waals surface area contributed by atoms with E-state index >= 15 is 0 Å². The SMILES string of the molecule is COc1ccc(-c2nc(C(=O)N3CCC(C#N)CC3)c([C@H](C)N)o2)c2ccc(C(F)(F)F)nc12. The Morgan fingerprint density at radius 3 is 2.56 bits per heavy atom. The first-order valence-electron chi connectivity index (χ1n) is 10.6. The number of hydrogen-bond donors (Lipinski definition) is 1. The largest absolute Gasteiger partial charge is 0.494 e. The minimum Gasteiger partial charge on any atom is -0.494 e. The lowest BCUT2D eigenvalue weighted by Gasteiger charge is -2.28. The Hall–Kier alpha value is -3.65. The first kappa shape index (κ1) is 23.5. The number of ether oxygens (including phenoxy) is 1. The zero-order valence-corrected chi connectivity index (χ0v) is 18.5. The minimum absolute atomic E-state index is 0.0122. The minimum atomic E-state index is -4.63. The summed E-state index contributed by atoms with van der Waals surface area (Å²) in [6.45, 7) is 2.47. The molecule has 0 bridgehead atoms. The van der Waals surface area contributed by atoms with Gasteiger partial charge in [0, 0.05) is 30.0 Å². The molecule has 2 aromatic heterocycles. The number of hydrogen-bond acceptors (Lipinski definition) is 7. The summed E-state index contributed by atoms with van der Waals surface area (Å²) < 4.78 is 50.7. The smallest absolute Gasteiger partial charge is 0.433 e. The molecule has 1 aromatic carbocycles. The van der Waals surface area contributed by atoms with Crippen LogP contribution in [0.15, 0.2) is 28.7 Å². The van der Waals surface area contributed by atoms with Gasteiger partial charge < -0.3 is 19.8 Å². The predicted molar refractivity (Wildman–Crippen MR) is 116 cm³/mol. The molecule has 1 aliphatic rings. The molecule has 8 nitrogen and oxygen atoms in total. The van der Waals surface area contributed by atoms with Crippen LogP contribution in [0.4, 0.5) is 13.2 Å². The second-order valence-corrected chi connectivity index (χ2v) is 8.12. The Labute approximate surface area is 193 Å². The molecule has 0 radical (unpaired) electrons. The van der Waals surface area contributed by atoms with Crippen molar-refractivity contribution in [2.45, 2.75) is 32.0 Å². The van der Waals surface area contributed by atoms with Crippen LogP contribution in [0.1, 0.15) is 47.7 Å². The van der Waals surface area contributed by atoms with Crippen molar-refractivity contribution in [1.29, 1.82) is 5.26 Å². The summed E-state index contributed by atoms with van der Waals surface area (Å²) in [6, 6.07) is 6.75. The number of piperidine rings is 1. The second kappa shape index (κ2) is 8.95. The molecule has 0 aliphatic carbocycles. The van der Waals surface area contributed by atoms with Gasteiger partial charge in [-0.3, -0.25) is 4.79 Å². The van der Waals surface area contributed by atoms with E-state index in [9.17, 15) is 18.0 Å². The van der Waals surface area contributed by atoms with E-state index in [0.717, 1.165) is 6.07 Å². The monoisotopic (exact) mass is 473 g/mol. The number of benzene rings is 1. The Bertz CT molecular complexity index is 1270. The van der Waals surface area contributed by atoms with Crippen LogP contribution < -0.4 is 10.5 Å². The maximum atomic E-state index is 13.2. The molecule has 3 heterocycles. The highest BCUT2D eigenvalue weighted by Gasteiger charge is 2.34. The number of nitrogens with zero attached hydrogens (tertiary/aromatic N) is 4. The molecule has 1 amide bonds. The lowest BCUT2D eigenvalue weighted by atomic mass is 9.98. The van der Waals surface area contributed by atoms with E-state index in [2.05, 4.69) is 16.0 Å². The molecule has 0 saturated carbocycles. The number of nitrogens with two attached hydrogens (primary N) is 1. The highest BCUT2D eigenvalue weighted by Crippen LogP contribution is 2.37. The summed E-state index contributed by atoms with van der Waals surface area (Å²) in [4.78, 5) is 22.9. The van der Waals surface area contributed by atoms with Gasteiger partial charge in [0.15, 0.2) is 11.5 Å². The van der Waals surface area contributed by atoms with Crippen molar-refractivity contribution in [1.82, 2.24) is 14.9 Å². The van der Waals surface area contributed by atoms with Gasteiger partial charge in [-0.25, -0.2) is 9.97 Å². The third-order valence-corrected chi connectivity index (χ3v) is 5.80. The number of alkyl halides is 3. The molecule has 178 valence electrons. The molecular weight excluding hydrogens is 451 g/mol. The van der Waals surface area contributed by atoms with Gasteiger partial charge in [-0.05, 0) is 44.0 Å². The summed E-state index contributed by atoms with van der Waals surface area (Å²) in [5.41, 5.74) is 5.36. The number of pyridine rings is 1. The third kappa shape index (κ3) is 4.28. The van der Waals surface area contributed by atoms with Crippen molar-refractivity contribution in [2.75, 3.05) is 20.2 Å². The van der Waals surface area contributed by atoms with Crippen LogP contribution in [0.2, 0.25) is 0 Å². The van der Waals surface area contributed by atoms with Crippen molar-refractivity contribution < 1.29 is 27.1 Å². The Morgan fingerprint density at radius 1 is 1.26 bits per heavy atom. The molecule has 1 fully saturated rings.